The largest absolute Gasteiger partial charge is 0.494 e. The van der Waals surface area contributed by atoms with E-state index in [2.05, 4.69) is 5.32 Å². The van der Waals surface area contributed by atoms with Crippen LogP contribution in [0, 0.1) is 0 Å². The number of esters is 1. The van der Waals surface area contributed by atoms with Crippen LogP contribution >= 0.6 is 11.3 Å². The van der Waals surface area contributed by atoms with Crippen LogP contribution in [0.2, 0.25) is 0 Å². The topological polar surface area (TPSA) is 64.6 Å². The van der Waals surface area contributed by atoms with Crippen LogP contribution in [0.15, 0.2) is 24.3 Å². The minimum Gasteiger partial charge on any atom is -0.494 e. The van der Waals surface area contributed by atoms with Gasteiger partial charge in [-0.15, -0.1) is 11.3 Å². The van der Waals surface area contributed by atoms with Gasteiger partial charge in [-0.05, 0) is 62.4 Å². The lowest BCUT2D eigenvalue weighted by Crippen LogP contribution is -2.15. The third-order valence-corrected chi connectivity index (χ3v) is 5.42. The second kappa shape index (κ2) is 8.36. The molecule has 5 nitrogen and oxygen atoms in total. The summed E-state index contributed by atoms with van der Waals surface area (Å²) in [5, 5.41) is 3.48. The lowest BCUT2D eigenvalue weighted by molar-refractivity contribution is 0.0527. The van der Waals surface area contributed by atoms with Crippen LogP contribution in [0.5, 0.6) is 5.75 Å². The number of hydrogen-bond donors (Lipinski definition) is 1. The van der Waals surface area contributed by atoms with Gasteiger partial charge in [0.25, 0.3) is 5.91 Å². The molecule has 6 heteroatoms. The summed E-state index contributed by atoms with van der Waals surface area (Å²) in [7, 11) is 0. The molecule has 138 valence electrons. The maximum Gasteiger partial charge on any atom is 0.341 e. The highest BCUT2D eigenvalue weighted by Crippen LogP contribution is 2.39. The standard InChI is InChI=1S/C20H23NO4S/c1-3-12-25-14-10-8-13(9-11-14)18(22)21-19-17(20(23)24-4-2)15-6-5-7-16(15)26-19/h8-11H,3-7,12H2,1-2H3,(H,21,22). The molecule has 0 saturated carbocycles. The van der Waals surface area contributed by atoms with Crippen molar-refractivity contribution in [1.82, 2.24) is 0 Å². The lowest BCUT2D eigenvalue weighted by Gasteiger charge is -2.09. The van der Waals surface area contributed by atoms with Crippen molar-refractivity contribution in [2.24, 2.45) is 0 Å². The van der Waals surface area contributed by atoms with Gasteiger partial charge in [0.1, 0.15) is 10.8 Å². The molecule has 0 atom stereocenters. The van der Waals surface area contributed by atoms with Crippen LogP contribution < -0.4 is 10.1 Å². The van der Waals surface area contributed by atoms with Gasteiger partial charge in [-0.25, -0.2) is 4.79 Å². The summed E-state index contributed by atoms with van der Waals surface area (Å²) in [4.78, 5) is 26.1. The molecule has 0 aliphatic heterocycles. The van der Waals surface area contributed by atoms with Crippen molar-refractivity contribution in [3.63, 3.8) is 0 Å². The number of rotatable bonds is 7. The van der Waals surface area contributed by atoms with Gasteiger partial charge >= 0.3 is 5.97 Å². The van der Waals surface area contributed by atoms with Gasteiger partial charge in [-0.1, -0.05) is 6.92 Å². The van der Waals surface area contributed by atoms with E-state index in [0.29, 0.717) is 29.3 Å². The van der Waals surface area contributed by atoms with E-state index in [1.165, 1.54) is 16.2 Å². The number of benzene rings is 1. The predicted molar refractivity (Wildman–Crippen MR) is 102 cm³/mol. The highest BCUT2D eigenvalue weighted by Gasteiger charge is 2.28. The lowest BCUT2D eigenvalue weighted by atomic mass is 10.1. The van der Waals surface area contributed by atoms with Crippen molar-refractivity contribution < 1.29 is 19.1 Å². The number of carbonyl (C=O) groups excluding carboxylic acids is 2. The highest BCUT2D eigenvalue weighted by atomic mass is 32.1. The fourth-order valence-electron chi connectivity index (χ4n) is 3.01. The van der Waals surface area contributed by atoms with Crippen molar-refractivity contribution >= 4 is 28.2 Å². The molecule has 1 aromatic carbocycles. The molecular formula is C20H23NO4S. The van der Waals surface area contributed by atoms with Crippen molar-refractivity contribution in [1.29, 1.82) is 0 Å². The number of thiophene rings is 1. The molecule has 0 bridgehead atoms. The first-order valence-electron chi connectivity index (χ1n) is 8.99. The fraction of sp³-hybridized carbons (Fsp3) is 0.400. The van der Waals surface area contributed by atoms with Crippen LogP contribution in [0.25, 0.3) is 0 Å². The van der Waals surface area contributed by atoms with Crippen molar-refractivity contribution in [2.75, 3.05) is 18.5 Å². The average Bonchev–Trinajstić information content (AvgIpc) is 3.21. The Morgan fingerprint density at radius 1 is 1.15 bits per heavy atom. The summed E-state index contributed by atoms with van der Waals surface area (Å²) in [6, 6.07) is 7.02. The zero-order chi connectivity index (χ0) is 18.5. The molecule has 2 aromatic rings. The second-order valence-electron chi connectivity index (χ2n) is 6.11. The molecule has 1 aromatic heterocycles. The number of carbonyl (C=O) groups is 2. The van der Waals surface area contributed by atoms with Crippen LogP contribution in [0.4, 0.5) is 5.00 Å². The summed E-state index contributed by atoms with van der Waals surface area (Å²) >= 11 is 1.48. The SMILES string of the molecule is CCCOc1ccc(C(=O)Nc2sc3c(c2C(=O)OCC)CCC3)cc1. The van der Waals surface area contributed by atoms with Crippen LogP contribution in [0.1, 0.15) is 57.8 Å². The molecule has 1 N–H and O–H groups in total. The molecule has 1 aliphatic carbocycles. The zero-order valence-electron chi connectivity index (χ0n) is 15.1. The Hall–Kier alpha value is -2.34. The molecule has 1 heterocycles. The average molecular weight is 373 g/mol. The Balaban J connectivity index is 1.78. The number of aryl methyl sites for hydroxylation is 1. The van der Waals surface area contributed by atoms with E-state index >= 15 is 0 Å². The minimum atomic E-state index is -0.356. The summed E-state index contributed by atoms with van der Waals surface area (Å²) in [6.07, 6.45) is 3.79. The summed E-state index contributed by atoms with van der Waals surface area (Å²) in [5.74, 6) is 0.147. The number of amides is 1. The van der Waals surface area contributed by atoms with E-state index in [1.54, 1.807) is 31.2 Å². The number of anilines is 1. The smallest absolute Gasteiger partial charge is 0.341 e. The van der Waals surface area contributed by atoms with Crippen LogP contribution in [-0.4, -0.2) is 25.1 Å². The van der Waals surface area contributed by atoms with Gasteiger partial charge in [0.05, 0.1) is 18.8 Å². The first kappa shape index (κ1) is 18.5. The van der Waals surface area contributed by atoms with Gasteiger partial charge in [-0.3, -0.25) is 4.79 Å². The number of hydrogen-bond acceptors (Lipinski definition) is 5. The fourth-order valence-corrected chi connectivity index (χ4v) is 4.28. The Bertz CT molecular complexity index is 795. The second-order valence-corrected chi connectivity index (χ2v) is 7.21. The van der Waals surface area contributed by atoms with Gasteiger partial charge in [-0.2, -0.15) is 0 Å². The van der Waals surface area contributed by atoms with Crippen molar-refractivity contribution in [2.45, 2.75) is 39.5 Å². The van der Waals surface area contributed by atoms with Gasteiger partial charge in [0.15, 0.2) is 0 Å². The Labute approximate surface area is 157 Å². The highest BCUT2D eigenvalue weighted by molar-refractivity contribution is 7.17. The summed E-state index contributed by atoms with van der Waals surface area (Å²) in [5.41, 5.74) is 2.09. The Morgan fingerprint density at radius 3 is 2.62 bits per heavy atom. The molecular weight excluding hydrogens is 350 g/mol. The third kappa shape index (κ3) is 3.90. The van der Waals surface area contributed by atoms with Gasteiger partial charge in [0.2, 0.25) is 0 Å². The molecule has 1 amide bonds. The number of nitrogens with one attached hydrogen (secondary N) is 1. The number of ether oxygens (including phenoxy) is 2. The molecule has 0 fully saturated rings. The molecule has 0 radical (unpaired) electrons. The molecule has 3 rings (SSSR count). The summed E-state index contributed by atoms with van der Waals surface area (Å²) < 4.78 is 10.7. The normalized spacial score (nSPS) is 12.5. The van der Waals surface area contributed by atoms with Gasteiger partial charge in [0, 0.05) is 10.4 Å². The van der Waals surface area contributed by atoms with Crippen molar-refractivity contribution in [3.05, 3.63) is 45.8 Å². The van der Waals surface area contributed by atoms with Crippen LogP contribution in [-0.2, 0) is 17.6 Å². The minimum absolute atomic E-state index is 0.238. The summed E-state index contributed by atoms with van der Waals surface area (Å²) in [6.45, 7) is 4.79. The van der Waals surface area contributed by atoms with E-state index in [4.69, 9.17) is 9.47 Å². The quantitative estimate of drug-likeness (QED) is 0.728. The van der Waals surface area contributed by atoms with Gasteiger partial charge < -0.3 is 14.8 Å². The molecule has 1 aliphatic rings. The van der Waals surface area contributed by atoms with E-state index in [1.807, 2.05) is 6.92 Å². The van der Waals surface area contributed by atoms with E-state index < -0.39 is 0 Å². The first-order chi connectivity index (χ1) is 12.6. The Morgan fingerprint density at radius 2 is 1.92 bits per heavy atom. The maximum absolute atomic E-state index is 12.6. The first-order valence-corrected chi connectivity index (χ1v) is 9.81. The maximum atomic E-state index is 12.6. The van der Waals surface area contributed by atoms with E-state index in [9.17, 15) is 9.59 Å². The predicted octanol–water partition coefficient (Wildman–Crippen LogP) is 4.45. The molecule has 0 spiro atoms. The van der Waals surface area contributed by atoms with E-state index in [-0.39, 0.29) is 11.9 Å². The number of fused-ring (bicyclic) bond motifs is 1. The monoisotopic (exact) mass is 373 g/mol. The molecule has 0 unspecified atom stereocenters. The molecule has 0 saturated heterocycles. The third-order valence-electron chi connectivity index (χ3n) is 4.22. The van der Waals surface area contributed by atoms with Crippen LogP contribution in [0.3, 0.4) is 0 Å². The molecule has 26 heavy (non-hydrogen) atoms. The van der Waals surface area contributed by atoms with Crippen molar-refractivity contribution in [3.8, 4) is 5.75 Å². The zero-order valence-corrected chi connectivity index (χ0v) is 15.9. The Kier molecular flexibility index (Phi) is 5.93. The van der Waals surface area contributed by atoms with E-state index in [0.717, 1.165) is 37.0 Å².